The van der Waals surface area contributed by atoms with Crippen LogP contribution in [0.5, 0.6) is 0 Å². The standard InChI is InChI=1S/C17H20FN3O2/c1-10-4-5-13(8-15(10)18)9-19-16(22)7-6-14-11(2)20-12(3)21-17(14)23/h4-5,8H,6-7,9H2,1-3H3,(H,19,22)(H,20,21,23). The van der Waals surface area contributed by atoms with E-state index in [1.165, 1.54) is 6.07 Å². The molecule has 23 heavy (non-hydrogen) atoms. The number of carbonyl (C=O) groups excluding carboxylic acids is 1. The molecule has 1 aromatic heterocycles. The summed E-state index contributed by atoms with van der Waals surface area (Å²) in [4.78, 5) is 30.6. The van der Waals surface area contributed by atoms with E-state index < -0.39 is 0 Å². The second-order valence-corrected chi connectivity index (χ2v) is 5.58. The minimum atomic E-state index is -0.287. The smallest absolute Gasteiger partial charge is 0.254 e. The Bertz CT molecular complexity index is 784. The molecular weight excluding hydrogens is 297 g/mol. The third kappa shape index (κ3) is 4.48. The van der Waals surface area contributed by atoms with Gasteiger partial charge in [0, 0.05) is 24.2 Å². The maximum Gasteiger partial charge on any atom is 0.254 e. The van der Waals surface area contributed by atoms with Crippen LogP contribution in [0.3, 0.4) is 0 Å². The Labute approximate surface area is 134 Å². The lowest BCUT2D eigenvalue weighted by molar-refractivity contribution is -0.121. The van der Waals surface area contributed by atoms with Gasteiger partial charge in [-0.05, 0) is 44.4 Å². The van der Waals surface area contributed by atoms with Gasteiger partial charge in [0.2, 0.25) is 5.91 Å². The van der Waals surface area contributed by atoms with Gasteiger partial charge in [-0.3, -0.25) is 9.59 Å². The molecule has 1 amide bonds. The number of nitrogens with zero attached hydrogens (tertiary/aromatic N) is 1. The highest BCUT2D eigenvalue weighted by atomic mass is 19.1. The van der Waals surface area contributed by atoms with Crippen molar-refractivity contribution in [1.29, 1.82) is 0 Å². The Hall–Kier alpha value is -2.50. The number of H-pyrrole nitrogens is 1. The molecule has 0 bridgehead atoms. The Morgan fingerprint density at radius 2 is 2.04 bits per heavy atom. The highest BCUT2D eigenvalue weighted by molar-refractivity contribution is 5.76. The van der Waals surface area contributed by atoms with E-state index in [0.29, 0.717) is 34.6 Å². The topological polar surface area (TPSA) is 74.8 Å². The Morgan fingerprint density at radius 3 is 2.70 bits per heavy atom. The number of hydrogen-bond donors (Lipinski definition) is 2. The monoisotopic (exact) mass is 317 g/mol. The summed E-state index contributed by atoms with van der Waals surface area (Å²) in [5, 5.41) is 2.73. The average Bonchev–Trinajstić information content (AvgIpc) is 2.47. The van der Waals surface area contributed by atoms with Crippen molar-refractivity contribution in [2.75, 3.05) is 0 Å². The predicted octanol–water partition coefficient (Wildman–Crippen LogP) is 2.08. The normalized spacial score (nSPS) is 10.6. The summed E-state index contributed by atoms with van der Waals surface area (Å²) in [6, 6.07) is 4.86. The van der Waals surface area contributed by atoms with E-state index >= 15 is 0 Å². The van der Waals surface area contributed by atoms with Crippen LogP contribution in [0.1, 0.15) is 34.6 Å². The lowest BCUT2D eigenvalue weighted by Gasteiger charge is -2.07. The number of rotatable bonds is 5. The van der Waals surface area contributed by atoms with Crippen molar-refractivity contribution in [2.24, 2.45) is 0 Å². The molecule has 0 atom stereocenters. The minimum Gasteiger partial charge on any atom is -0.352 e. The molecule has 5 nitrogen and oxygen atoms in total. The Kier molecular flexibility index (Phi) is 5.26. The molecule has 0 spiro atoms. The highest BCUT2D eigenvalue weighted by Crippen LogP contribution is 2.09. The number of amides is 1. The molecule has 0 unspecified atom stereocenters. The summed E-state index contributed by atoms with van der Waals surface area (Å²) in [7, 11) is 0. The van der Waals surface area contributed by atoms with E-state index in [2.05, 4.69) is 15.3 Å². The lowest BCUT2D eigenvalue weighted by atomic mass is 10.1. The van der Waals surface area contributed by atoms with Gasteiger partial charge in [0.25, 0.3) is 5.56 Å². The molecule has 0 saturated carbocycles. The summed E-state index contributed by atoms with van der Waals surface area (Å²) in [6.45, 7) is 5.42. The second kappa shape index (κ2) is 7.17. The van der Waals surface area contributed by atoms with Crippen molar-refractivity contribution >= 4 is 5.91 Å². The molecule has 2 aromatic rings. The molecule has 0 saturated heterocycles. The first kappa shape index (κ1) is 16.9. The summed E-state index contributed by atoms with van der Waals surface area (Å²) in [5.41, 5.74) is 2.23. The third-order valence-electron chi connectivity index (χ3n) is 3.67. The van der Waals surface area contributed by atoms with Gasteiger partial charge in [-0.2, -0.15) is 0 Å². The fourth-order valence-corrected chi connectivity index (χ4v) is 2.32. The molecule has 2 rings (SSSR count). The minimum absolute atomic E-state index is 0.184. The number of carbonyl (C=O) groups is 1. The second-order valence-electron chi connectivity index (χ2n) is 5.58. The van der Waals surface area contributed by atoms with E-state index in [4.69, 9.17) is 0 Å². The first-order valence-corrected chi connectivity index (χ1v) is 7.45. The lowest BCUT2D eigenvalue weighted by Crippen LogP contribution is -2.25. The van der Waals surface area contributed by atoms with Crippen molar-refractivity contribution < 1.29 is 9.18 Å². The average molecular weight is 317 g/mol. The Balaban J connectivity index is 1.91. The summed E-state index contributed by atoms with van der Waals surface area (Å²) >= 11 is 0. The number of aromatic nitrogens is 2. The van der Waals surface area contributed by atoms with E-state index in [9.17, 15) is 14.0 Å². The van der Waals surface area contributed by atoms with Gasteiger partial charge in [-0.15, -0.1) is 0 Å². The first-order chi connectivity index (χ1) is 10.9. The molecule has 1 aromatic carbocycles. The summed E-state index contributed by atoms with van der Waals surface area (Å²) < 4.78 is 13.4. The quantitative estimate of drug-likeness (QED) is 0.886. The van der Waals surface area contributed by atoms with Crippen LogP contribution in [0.2, 0.25) is 0 Å². The predicted molar refractivity (Wildman–Crippen MR) is 85.6 cm³/mol. The fraction of sp³-hybridized carbons (Fsp3) is 0.353. The number of nitrogens with one attached hydrogen (secondary N) is 2. The van der Waals surface area contributed by atoms with Gasteiger partial charge in [0.05, 0.1) is 0 Å². The molecule has 1 heterocycles. The number of hydrogen-bond acceptors (Lipinski definition) is 3. The zero-order valence-electron chi connectivity index (χ0n) is 13.5. The fourth-order valence-electron chi connectivity index (χ4n) is 2.32. The molecule has 0 aliphatic carbocycles. The molecule has 0 radical (unpaired) electrons. The number of benzene rings is 1. The van der Waals surface area contributed by atoms with Gasteiger partial charge in [0.15, 0.2) is 0 Å². The van der Waals surface area contributed by atoms with Crippen LogP contribution in [0.4, 0.5) is 4.39 Å². The van der Waals surface area contributed by atoms with Crippen molar-refractivity contribution in [3.63, 3.8) is 0 Å². The van der Waals surface area contributed by atoms with Gasteiger partial charge in [0.1, 0.15) is 11.6 Å². The van der Waals surface area contributed by atoms with Crippen molar-refractivity contribution in [2.45, 2.75) is 40.2 Å². The van der Waals surface area contributed by atoms with Crippen LogP contribution < -0.4 is 10.9 Å². The molecule has 0 aliphatic rings. The summed E-state index contributed by atoms with van der Waals surface area (Å²) in [6.07, 6.45) is 0.505. The van der Waals surface area contributed by atoms with Gasteiger partial charge >= 0.3 is 0 Å². The number of halogens is 1. The van der Waals surface area contributed by atoms with Gasteiger partial charge in [-0.1, -0.05) is 12.1 Å². The largest absolute Gasteiger partial charge is 0.352 e. The van der Waals surface area contributed by atoms with Crippen LogP contribution in [0, 0.1) is 26.6 Å². The number of aryl methyl sites for hydroxylation is 3. The zero-order valence-corrected chi connectivity index (χ0v) is 13.5. The van der Waals surface area contributed by atoms with E-state index in [1.807, 2.05) is 0 Å². The number of aromatic amines is 1. The molecular formula is C17H20FN3O2. The highest BCUT2D eigenvalue weighted by Gasteiger charge is 2.10. The zero-order chi connectivity index (χ0) is 17.0. The van der Waals surface area contributed by atoms with Crippen molar-refractivity contribution in [3.8, 4) is 0 Å². The molecule has 0 aliphatic heterocycles. The van der Waals surface area contributed by atoms with Gasteiger partial charge < -0.3 is 10.3 Å². The van der Waals surface area contributed by atoms with E-state index in [-0.39, 0.29) is 30.2 Å². The van der Waals surface area contributed by atoms with Crippen molar-refractivity contribution in [1.82, 2.24) is 15.3 Å². The first-order valence-electron chi connectivity index (χ1n) is 7.45. The van der Waals surface area contributed by atoms with Crippen LogP contribution in [0.15, 0.2) is 23.0 Å². The molecule has 122 valence electrons. The summed E-state index contributed by atoms with van der Waals surface area (Å²) in [5.74, 6) is 0.0806. The molecule has 0 fully saturated rings. The third-order valence-corrected chi connectivity index (χ3v) is 3.67. The SMILES string of the molecule is Cc1nc(C)c(CCC(=O)NCc2ccc(C)c(F)c2)c(=O)[nH]1. The maximum absolute atomic E-state index is 13.4. The van der Waals surface area contributed by atoms with Crippen LogP contribution in [-0.2, 0) is 17.8 Å². The molecule has 6 heteroatoms. The van der Waals surface area contributed by atoms with Gasteiger partial charge in [-0.25, -0.2) is 9.37 Å². The molecule has 2 N–H and O–H groups in total. The van der Waals surface area contributed by atoms with E-state index in [0.717, 1.165) is 0 Å². The van der Waals surface area contributed by atoms with E-state index in [1.54, 1.807) is 32.9 Å². The van der Waals surface area contributed by atoms with Crippen LogP contribution >= 0.6 is 0 Å². The Morgan fingerprint density at radius 1 is 1.30 bits per heavy atom. The maximum atomic E-state index is 13.4. The van der Waals surface area contributed by atoms with Crippen LogP contribution in [-0.4, -0.2) is 15.9 Å². The van der Waals surface area contributed by atoms with Crippen molar-refractivity contribution in [3.05, 3.63) is 62.6 Å². The van der Waals surface area contributed by atoms with Crippen LogP contribution in [0.25, 0.3) is 0 Å².